The highest BCUT2D eigenvalue weighted by atomic mass is 35.5. The minimum atomic E-state index is -0.185. The molecule has 2 aromatic carbocycles. The summed E-state index contributed by atoms with van der Waals surface area (Å²) in [5, 5.41) is 6.33. The van der Waals surface area contributed by atoms with E-state index in [9.17, 15) is 9.59 Å². The maximum atomic E-state index is 12.3. The first-order valence-electron chi connectivity index (χ1n) is 8.39. The largest absolute Gasteiger partial charge is 0.326 e. The van der Waals surface area contributed by atoms with Crippen molar-refractivity contribution in [1.82, 2.24) is 0 Å². The van der Waals surface area contributed by atoms with Crippen molar-refractivity contribution >= 4 is 34.8 Å². The van der Waals surface area contributed by atoms with E-state index in [1.54, 1.807) is 0 Å². The lowest BCUT2D eigenvalue weighted by atomic mass is 9.89. The molecule has 2 N–H and O–H groups in total. The third kappa shape index (κ3) is 4.02. The van der Waals surface area contributed by atoms with Crippen LogP contribution in [-0.2, 0) is 16.0 Å². The van der Waals surface area contributed by atoms with Crippen LogP contribution in [0.2, 0.25) is 5.02 Å². The van der Waals surface area contributed by atoms with E-state index in [1.807, 2.05) is 50.2 Å². The molecular weight excluding hydrogens is 336 g/mol. The Balaban J connectivity index is 1.61. The van der Waals surface area contributed by atoms with E-state index < -0.39 is 0 Å². The Morgan fingerprint density at radius 3 is 2.80 bits per heavy atom. The Kier molecular flexibility index (Phi) is 5.09. The lowest BCUT2D eigenvalue weighted by Gasteiger charge is -2.24. The Bertz CT molecular complexity index is 809. The first kappa shape index (κ1) is 17.5. The number of fused-ring (bicyclic) bond motifs is 1. The van der Waals surface area contributed by atoms with Crippen LogP contribution in [0.15, 0.2) is 36.4 Å². The van der Waals surface area contributed by atoms with E-state index in [2.05, 4.69) is 10.6 Å². The number of hydrogen-bond donors (Lipinski definition) is 2. The van der Waals surface area contributed by atoms with Gasteiger partial charge in [0.25, 0.3) is 0 Å². The molecule has 1 heterocycles. The summed E-state index contributed by atoms with van der Waals surface area (Å²) < 4.78 is 0. The molecular formula is C20H21ClN2O2. The minimum absolute atomic E-state index is 0.0175. The van der Waals surface area contributed by atoms with Gasteiger partial charge in [0.2, 0.25) is 11.8 Å². The minimum Gasteiger partial charge on any atom is -0.326 e. The van der Waals surface area contributed by atoms with Crippen LogP contribution in [0, 0.1) is 19.8 Å². The predicted molar refractivity (Wildman–Crippen MR) is 101 cm³/mol. The van der Waals surface area contributed by atoms with E-state index in [4.69, 9.17) is 11.6 Å². The average molecular weight is 357 g/mol. The lowest BCUT2D eigenvalue weighted by molar-refractivity contribution is -0.121. The summed E-state index contributed by atoms with van der Waals surface area (Å²) in [4.78, 5) is 24.5. The van der Waals surface area contributed by atoms with Crippen molar-refractivity contribution in [2.45, 2.75) is 33.1 Å². The van der Waals surface area contributed by atoms with Crippen LogP contribution in [0.3, 0.4) is 0 Å². The third-order valence-corrected chi connectivity index (χ3v) is 4.83. The third-order valence-electron chi connectivity index (χ3n) is 4.53. The van der Waals surface area contributed by atoms with Crippen LogP contribution in [-0.4, -0.2) is 11.8 Å². The van der Waals surface area contributed by atoms with Crippen LogP contribution in [0.1, 0.15) is 29.5 Å². The topological polar surface area (TPSA) is 58.2 Å². The lowest BCUT2D eigenvalue weighted by Crippen LogP contribution is -2.30. The first-order chi connectivity index (χ1) is 11.9. The fourth-order valence-electron chi connectivity index (χ4n) is 3.23. The van der Waals surface area contributed by atoms with Gasteiger partial charge in [-0.2, -0.15) is 0 Å². The van der Waals surface area contributed by atoms with Gasteiger partial charge in [-0.3, -0.25) is 9.59 Å². The number of benzene rings is 2. The summed E-state index contributed by atoms with van der Waals surface area (Å²) in [5.74, 6) is -0.327. The molecule has 0 aromatic heterocycles. The molecule has 0 bridgehead atoms. The number of amides is 2. The van der Waals surface area contributed by atoms with Gasteiger partial charge in [-0.15, -0.1) is 0 Å². The zero-order chi connectivity index (χ0) is 18.0. The van der Waals surface area contributed by atoms with Gasteiger partial charge in [0.1, 0.15) is 0 Å². The summed E-state index contributed by atoms with van der Waals surface area (Å²) in [6, 6.07) is 11.6. The molecule has 0 fully saturated rings. The SMILES string of the molecule is Cc1cc(C)c(NC(=O)CC[C@@H]2Cc3ccccc3NC2=O)c(Cl)c1. The number of rotatable bonds is 4. The second-order valence-electron chi connectivity index (χ2n) is 6.57. The van der Waals surface area contributed by atoms with E-state index in [1.165, 1.54) is 0 Å². The number of halogens is 1. The van der Waals surface area contributed by atoms with E-state index in [-0.39, 0.29) is 24.2 Å². The van der Waals surface area contributed by atoms with Gasteiger partial charge in [0.15, 0.2) is 0 Å². The highest BCUT2D eigenvalue weighted by Crippen LogP contribution is 2.29. The number of nitrogens with one attached hydrogen (secondary N) is 2. The highest BCUT2D eigenvalue weighted by molar-refractivity contribution is 6.34. The molecule has 4 nitrogen and oxygen atoms in total. The molecule has 130 valence electrons. The molecule has 0 saturated heterocycles. The van der Waals surface area contributed by atoms with Crippen molar-refractivity contribution < 1.29 is 9.59 Å². The van der Waals surface area contributed by atoms with Gasteiger partial charge in [-0.1, -0.05) is 35.9 Å². The van der Waals surface area contributed by atoms with Crippen LogP contribution >= 0.6 is 11.6 Å². The van der Waals surface area contributed by atoms with Crippen molar-refractivity contribution in [3.05, 3.63) is 58.1 Å². The maximum Gasteiger partial charge on any atom is 0.227 e. The molecule has 1 aliphatic heterocycles. The fourth-order valence-corrected chi connectivity index (χ4v) is 3.60. The van der Waals surface area contributed by atoms with Gasteiger partial charge in [0.05, 0.1) is 10.7 Å². The predicted octanol–water partition coefficient (Wildman–Crippen LogP) is 4.49. The molecule has 2 amide bonds. The average Bonchev–Trinajstić information content (AvgIpc) is 2.56. The van der Waals surface area contributed by atoms with Crippen LogP contribution in [0.25, 0.3) is 0 Å². The van der Waals surface area contributed by atoms with Crippen molar-refractivity contribution in [3.8, 4) is 0 Å². The fraction of sp³-hybridized carbons (Fsp3) is 0.300. The molecule has 1 aliphatic rings. The normalized spacial score (nSPS) is 16.1. The highest BCUT2D eigenvalue weighted by Gasteiger charge is 2.26. The number of carbonyl (C=O) groups is 2. The summed E-state index contributed by atoms with van der Waals surface area (Å²) in [5.41, 5.74) is 4.62. The van der Waals surface area contributed by atoms with Gasteiger partial charge in [-0.25, -0.2) is 0 Å². The van der Waals surface area contributed by atoms with E-state index in [0.717, 1.165) is 22.4 Å². The standard InChI is InChI=1S/C20H21ClN2O2/c1-12-9-13(2)19(16(21)10-12)23-18(24)8-7-15-11-14-5-3-4-6-17(14)22-20(15)25/h3-6,9-10,15H,7-8,11H2,1-2H3,(H,22,25)(H,23,24)/t15-/m1/s1. The Morgan fingerprint density at radius 1 is 1.28 bits per heavy atom. The Labute approximate surface area is 152 Å². The molecule has 5 heteroatoms. The maximum absolute atomic E-state index is 12.3. The molecule has 1 atom stereocenters. The van der Waals surface area contributed by atoms with Crippen molar-refractivity contribution in [2.24, 2.45) is 5.92 Å². The summed E-state index contributed by atoms with van der Waals surface area (Å²) >= 11 is 6.23. The molecule has 0 saturated carbocycles. The van der Waals surface area contributed by atoms with Gasteiger partial charge >= 0.3 is 0 Å². The van der Waals surface area contributed by atoms with Crippen LogP contribution in [0.5, 0.6) is 0 Å². The quantitative estimate of drug-likeness (QED) is 0.848. The molecule has 25 heavy (non-hydrogen) atoms. The second kappa shape index (κ2) is 7.28. The van der Waals surface area contributed by atoms with Gasteiger partial charge in [-0.05, 0) is 55.5 Å². The Morgan fingerprint density at radius 2 is 2.04 bits per heavy atom. The number of para-hydroxylation sites is 1. The number of carbonyl (C=O) groups excluding carboxylic acids is 2. The molecule has 0 radical (unpaired) electrons. The number of anilines is 2. The van der Waals surface area contributed by atoms with Gasteiger partial charge < -0.3 is 10.6 Å². The number of aryl methyl sites for hydroxylation is 2. The molecule has 0 aliphatic carbocycles. The van der Waals surface area contributed by atoms with Crippen molar-refractivity contribution in [2.75, 3.05) is 10.6 Å². The smallest absolute Gasteiger partial charge is 0.227 e. The van der Waals surface area contributed by atoms with E-state index >= 15 is 0 Å². The molecule has 3 rings (SSSR count). The zero-order valence-electron chi connectivity index (χ0n) is 14.4. The number of hydrogen-bond acceptors (Lipinski definition) is 2. The van der Waals surface area contributed by atoms with Crippen molar-refractivity contribution in [1.29, 1.82) is 0 Å². The van der Waals surface area contributed by atoms with Crippen LogP contribution in [0.4, 0.5) is 11.4 Å². The summed E-state index contributed by atoms with van der Waals surface area (Å²) in [7, 11) is 0. The summed E-state index contributed by atoms with van der Waals surface area (Å²) in [6.07, 6.45) is 1.46. The van der Waals surface area contributed by atoms with Crippen molar-refractivity contribution in [3.63, 3.8) is 0 Å². The van der Waals surface area contributed by atoms with Crippen LogP contribution < -0.4 is 10.6 Å². The molecule has 0 unspecified atom stereocenters. The van der Waals surface area contributed by atoms with E-state index in [0.29, 0.717) is 23.6 Å². The molecule has 2 aromatic rings. The summed E-state index contributed by atoms with van der Waals surface area (Å²) in [6.45, 7) is 3.88. The zero-order valence-corrected chi connectivity index (χ0v) is 15.1. The van der Waals surface area contributed by atoms with Gasteiger partial charge in [0, 0.05) is 18.0 Å². The Hall–Kier alpha value is -2.33. The second-order valence-corrected chi connectivity index (χ2v) is 6.98. The monoisotopic (exact) mass is 356 g/mol. The first-order valence-corrected chi connectivity index (χ1v) is 8.77. The molecule has 0 spiro atoms.